The fourth-order valence-electron chi connectivity index (χ4n) is 10.7. The fraction of sp³-hybridized carbons (Fsp3) is 0.636. The van der Waals surface area contributed by atoms with Crippen molar-refractivity contribution in [2.24, 2.45) is 23.2 Å². The summed E-state index contributed by atoms with van der Waals surface area (Å²) in [6.45, 7) is 6.86. The van der Waals surface area contributed by atoms with E-state index in [2.05, 4.69) is 103 Å². The van der Waals surface area contributed by atoms with Crippen molar-refractivity contribution in [3.8, 4) is 0 Å². The van der Waals surface area contributed by atoms with Gasteiger partial charge in [0.15, 0.2) is 14.7 Å². The molecule has 66 heavy (non-hydrogen) atoms. The maximum Gasteiger partial charge on any atom is 0.312 e. The Bertz CT molecular complexity index is 1750. The molecular weight excluding hydrogens is 867 g/mol. The van der Waals surface area contributed by atoms with E-state index in [1.165, 1.54) is 117 Å². The second-order valence-corrected chi connectivity index (χ2v) is 22.8. The van der Waals surface area contributed by atoms with Gasteiger partial charge in [-0.25, -0.2) is 8.42 Å². The van der Waals surface area contributed by atoms with Gasteiger partial charge in [-0.3, -0.25) is 14.5 Å². The topological polar surface area (TPSA) is 122 Å². The Hall–Kier alpha value is -3.22. The van der Waals surface area contributed by atoms with Crippen LogP contribution >= 0.6 is 0 Å². The molecule has 11 heteroatoms. The summed E-state index contributed by atoms with van der Waals surface area (Å²) in [6.07, 6.45) is 27.2. The van der Waals surface area contributed by atoms with Crippen molar-refractivity contribution in [3.63, 3.8) is 0 Å². The number of unbranched alkanes of at least 4 members (excludes halogenated alkanes) is 14. The molecule has 1 saturated heterocycles. The number of morpholine rings is 1. The van der Waals surface area contributed by atoms with Crippen LogP contribution in [0, 0.1) is 23.2 Å². The maximum atomic E-state index is 12.3. The largest absolute Gasteiger partial charge is 0.748 e. The molecule has 4 saturated carbocycles. The van der Waals surface area contributed by atoms with E-state index in [1.807, 2.05) is 0 Å². The van der Waals surface area contributed by atoms with Gasteiger partial charge in [0, 0.05) is 26.1 Å². The summed E-state index contributed by atoms with van der Waals surface area (Å²) in [5, 5.41) is 0. The Morgan fingerprint density at radius 1 is 0.621 bits per heavy atom. The zero-order chi connectivity index (χ0) is 46.7. The van der Waals surface area contributed by atoms with Gasteiger partial charge in [-0.05, 0) is 99.1 Å². The minimum absolute atomic E-state index is 0.0146. The van der Waals surface area contributed by atoms with Crippen LogP contribution in [0.2, 0.25) is 0 Å². The van der Waals surface area contributed by atoms with Crippen LogP contribution in [-0.2, 0) is 44.8 Å². The molecule has 4 bridgehead atoms. The molecule has 5 aliphatic rings. The molecule has 9 nitrogen and oxygen atoms in total. The van der Waals surface area contributed by atoms with Gasteiger partial charge in [0.05, 0.1) is 45.4 Å². The van der Waals surface area contributed by atoms with Crippen LogP contribution in [0.1, 0.15) is 148 Å². The third kappa shape index (κ3) is 20.2. The first-order chi connectivity index (χ1) is 32.1. The predicted molar refractivity (Wildman–Crippen MR) is 265 cm³/mol. The number of rotatable bonds is 26. The third-order valence-electron chi connectivity index (χ3n) is 13.7. The van der Waals surface area contributed by atoms with Crippen molar-refractivity contribution in [1.29, 1.82) is 0 Å². The number of nitrogens with zero attached hydrogens (tertiary/aromatic N) is 1. The lowest BCUT2D eigenvalue weighted by atomic mass is 9.49. The van der Waals surface area contributed by atoms with Gasteiger partial charge in [-0.15, -0.1) is 0 Å². The molecule has 5 fully saturated rings. The summed E-state index contributed by atoms with van der Waals surface area (Å²) in [4.78, 5) is 30.4. The summed E-state index contributed by atoms with van der Waals surface area (Å²) in [5.41, 5.74) is -0.374. The number of hydrogen-bond acceptors (Lipinski definition) is 9. The number of hydrogen-bond donors (Lipinski definition) is 0. The lowest BCUT2D eigenvalue weighted by molar-refractivity contribution is -0.170. The molecule has 0 amide bonds. The molecule has 8 rings (SSSR count). The molecule has 366 valence electrons. The number of carbonyl (C=O) groups excluding carboxylic acids is 2. The highest BCUT2D eigenvalue weighted by molar-refractivity contribution is 7.97. The van der Waals surface area contributed by atoms with Crippen molar-refractivity contribution in [2.45, 2.75) is 163 Å². The Morgan fingerprint density at radius 3 is 1.44 bits per heavy atom. The molecule has 0 atom stereocenters. The number of esters is 2. The first-order valence-corrected chi connectivity index (χ1v) is 28.4. The normalized spacial score (nSPS) is 21.0. The van der Waals surface area contributed by atoms with E-state index in [0.717, 1.165) is 65.0 Å². The summed E-state index contributed by atoms with van der Waals surface area (Å²) in [5.74, 6) is 1.01. The van der Waals surface area contributed by atoms with E-state index in [-0.39, 0.29) is 34.9 Å². The standard InChI is InChI=1S/C24H47NO3.C18H15S.C13H20O5S/c1-2-3-4-5-6-7-8-9-10-11-12-13-14-15-16-17-24(26)28-23-20-25-18-21-27-22-19-25;1-4-10-16(11-5-1)19(17-12-6-2-7-13-17)18-14-8-3-9-15-18;14-12(18-1-2-19(15,16)17)13-6-9-3-10(7-13)5-11(4-9)8-13/h2-23H2,1H3;1-15H;9-11H,1-8H2,(H,15,16,17)/q;+1;/p-1. The van der Waals surface area contributed by atoms with E-state index in [9.17, 15) is 22.6 Å². The molecule has 0 aromatic heterocycles. The average Bonchev–Trinajstić information content (AvgIpc) is 3.31. The lowest BCUT2D eigenvalue weighted by Crippen LogP contribution is -2.50. The van der Waals surface area contributed by atoms with Gasteiger partial charge in [0.1, 0.15) is 13.2 Å². The summed E-state index contributed by atoms with van der Waals surface area (Å²) < 4.78 is 47.3. The highest BCUT2D eigenvalue weighted by Crippen LogP contribution is 2.60. The molecule has 1 aliphatic heterocycles. The zero-order valence-corrected chi connectivity index (χ0v) is 41.8. The van der Waals surface area contributed by atoms with E-state index in [0.29, 0.717) is 30.8 Å². The van der Waals surface area contributed by atoms with E-state index in [4.69, 9.17) is 14.2 Å². The van der Waals surface area contributed by atoms with Crippen LogP contribution < -0.4 is 0 Å². The molecule has 3 aromatic carbocycles. The van der Waals surface area contributed by atoms with Gasteiger partial charge >= 0.3 is 11.9 Å². The first-order valence-electron chi connectivity index (χ1n) is 25.6. The Morgan fingerprint density at radius 2 is 1.03 bits per heavy atom. The Kier molecular flexibility index (Phi) is 24.7. The minimum Gasteiger partial charge on any atom is -0.748 e. The van der Waals surface area contributed by atoms with Crippen LogP contribution in [0.4, 0.5) is 0 Å². The molecule has 0 unspecified atom stereocenters. The molecule has 1 heterocycles. The van der Waals surface area contributed by atoms with Gasteiger partial charge < -0.3 is 18.8 Å². The van der Waals surface area contributed by atoms with Gasteiger partial charge in [-0.1, -0.05) is 151 Å². The summed E-state index contributed by atoms with van der Waals surface area (Å²) in [6, 6.07) is 32.2. The quantitative estimate of drug-likeness (QED) is 0.0335. The van der Waals surface area contributed by atoms with Gasteiger partial charge in [-0.2, -0.15) is 0 Å². The average molecular weight is 948 g/mol. The molecular formula is C55H81NO8S2. The monoisotopic (exact) mass is 948 g/mol. The number of ether oxygens (including phenoxy) is 3. The Labute approximate surface area is 401 Å². The summed E-state index contributed by atoms with van der Waals surface area (Å²) >= 11 is 0. The molecule has 0 N–H and O–H groups in total. The van der Waals surface area contributed by atoms with Crippen molar-refractivity contribution in [3.05, 3.63) is 91.0 Å². The zero-order valence-electron chi connectivity index (χ0n) is 40.1. The predicted octanol–water partition coefficient (Wildman–Crippen LogP) is 12.2. The lowest BCUT2D eigenvalue weighted by Gasteiger charge is -2.55. The van der Waals surface area contributed by atoms with E-state index in [1.54, 1.807) is 0 Å². The van der Waals surface area contributed by atoms with Crippen LogP contribution in [0.5, 0.6) is 0 Å². The summed E-state index contributed by atoms with van der Waals surface area (Å²) in [7, 11) is -4.32. The smallest absolute Gasteiger partial charge is 0.312 e. The molecule has 0 spiro atoms. The van der Waals surface area contributed by atoms with Crippen molar-refractivity contribution in [2.75, 3.05) is 51.8 Å². The highest BCUT2D eigenvalue weighted by Gasteiger charge is 2.55. The number of benzene rings is 3. The Balaban J connectivity index is 0.000000190. The maximum absolute atomic E-state index is 12.3. The van der Waals surface area contributed by atoms with Crippen LogP contribution in [0.3, 0.4) is 0 Å². The van der Waals surface area contributed by atoms with Crippen molar-refractivity contribution >= 4 is 33.0 Å². The fourth-order valence-corrected chi connectivity index (χ4v) is 13.0. The molecule has 0 radical (unpaired) electrons. The molecule has 3 aromatic rings. The van der Waals surface area contributed by atoms with Crippen LogP contribution in [0.15, 0.2) is 106 Å². The van der Waals surface area contributed by atoms with E-state index >= 15 is 0 Å². The SMILES string of the molecule is CCCCCCCCCCCCCCCCCC(=O)OCCN1CCOCC1.O=C(OCCS(=O)(=O)[O-])C12CC3CC(CC(C3)C1)C2.c1ccc([S+](c2ccccc2)c2ccccc2)cc1. The third-order valence-corrected chi connectivity index (χ3v) is 16.6. The van der Waals surface area contributed by atoms with Crippen LogP contribution in [0.25, 0.3) is 0 Å². The first kappa shape index (κ1) is 53.7. The second kappa shape index (κ2) is 30.3. The van der Waals surface area contributed by atoms with Crippen molar-refractivity contribution in [1.82, 2.24) is 4.90 Å². The van der Waals surface area contributed by atoms with Crippen molar-refractivity contribution < 1.29 is 36.8 Å². The minimum atomic E-state index is -4.30. The number of carbonyl (C=O) groups is 2. The highest BCUT2D eigenvalue weighted by atomic mass is 32.2. The van der Waals surface area contributed by atoms with E-state index < -0.39 is 15.9 Å². The van der Waals surface area contributed by atoms with Crippen LogP contribution in [-0.4, -0.2) is 81.6 Å². The molecule has 4 aliphatic carbocycles. The van der Waals surface area contributed by atoms with Gasteiger partial charge in [0.25, 0.3) is 0 Å². The second-order valence-electron chi connectivity index (χ2n) is 19.2. The van der Waals surface area contributed by atoms with Gasteiger partial charge in [0.2, 0.25) is 0 Å².